The van der Waals surface area contributed by atoms with Gasteiger partial charge in [0.1, 0.15) is 11.5 Å². The Morgan fingerprint density at radius 2 is 1.83 bits per heavy atom. The molecule has 3 rings (SSSR count). The highest BCUT2D eigenvalue weighted by atomic mass is 16.5. The van der Waals surface area contributed by atoms with E-state index in [0.717, 1.165) is 48.4 Å². The van der Waals surface area contributed by atoms with Crippen LogP contribution in [0, 0.1) is 0 Å². The van der Waals surface area contributed by atoms with Crippen LogP contribution in [0.15, 0.2) is 48.5 Å². The van der Waals surface area contributed by atoms with E-state index in [2.05, 4.69) is 0 Å². The zero-order chi connectivity index (χ0) is 16.9. The van der Waals surface area contributed by atoms with E-state index < -0.39 is 0 Å². The number of benzene rings is 2. The van der Waals surface area contributed by atoms with E-state index in [0.29, 0.717) is 0 Å². The number of nitrogens with zero attached hydrogens (tertiary/aromatic N) is 1. The lowest BCUT2D eigenvalue weighted by molar-refractivity contribution is 0.0608. The maximum Gasteiger partial charge on any atom is 0.254 e. The summed E-state index contributed by atoms with van der Waals surface area (Å²) in [5.41, 5.74) is 1.74. The molecular weight excluding hydrogens is 302 g/mol. The van der Waals surface area contributed by atoms with Crippen molar-refractivity contribution in [1.29, 1.82) is 0 Å². The van der Waals surface area contributed by atoms with Crippen molar-refractivity contribution in [2.24, 2.45) is 0 Å². The third kappa shape index (κ3) is 3.23. The molecule has 126 valence electrons. The topological polar surface area (TPSA) is 38.8 Å². The molecule has 0 unspecified atom stereocenters. The molecule has 0 N–H and O–H groups in total. The number of rotatable bonds is 4. The molecule has 0 aromatic heterocycles. The summed E-state index contributed by atoms with van der Waals surface area (Å²) in [6.07, 6.45) is 3.06. The summed E-state index contributed by atoms with van der Waals surface area (Å²) in [6, 6.07) is 15.3. The number of amides is 1. The van der Waals surface area contributed by atoms with Gasteiger partial charge in [-0.1, -0.05) is 18.2 Å². The van der Waals surface area contributed by atoms with Crippen molar-refractivity contribution in [3.63, 3.8) is 0 Å². The molecule has 4 nitrogen and oxygen atoms in total. The molecule has 1 fully saturated rings. The third-order valence-electron chi connectivity index (χ3n) is 4.58. The summed E-state index contributed by atoms with van der Waals surface area (Å²) in [5, 5.41) is 0. The van der Waals surface area contributed by atoms with Gasteiger partial charge in [0, 0.05) is 17.7 Å². The molecule has 2 aromatic carbocycles. The summed E-state index contributed by atoms with van der Waals surface area (Å²) in [4.78, 5) is 15.0. The Labute approximate surface area is 143 Å². The SMILES string of the molecule is COc1ccc(OC)c([C@@H]2CCCCN2C(=O)c2ccccc2)c1. The highest BCUT2D eigenvalue weighted by molar-refractivity contribution is 5.94. The third-order valence-corrected chi connectivity index (χ3v) is 4.58. The number of ether oxygens (including phenoxy) is 2. The van der Waals surface area contributed by atoms with E-state index in [1.54, 1.807) is 14.2 Å². The number of hydrogen-bond acceptors (Lipinski definition) is 3. The van der Waals surface area contributed by atoms with Gasteiger partial charge < -0.3 is 14.4 Å². The second-order valence-corrected chi connectivity index (χ2v) is 5.98. The zero-order valence-corrected chi connectivity index (χ0v) is 14.2. The van der Waals surface area contributed by atoms with Crippen molar-refractivity contribution in [3.05, 3.63) is 59.7 Å². The number of methoxy groups -OCH3 is 2. The number of hydrogen-bond donors (Lipinski definition) is 0. The molecule has 0 radical (unpaired) electrons. The maximum absolute atomic E-state index is 13.0. The van der Waals surface area contributed by atoms with Gasteiger partial charge in [0.2, 0.25) is 0 Å². The van der Waals surface area contributed by atoms with Gasteiger partial charge in [-0.05, 0) is 49.6 Å². The molecule has 1 aliphatic heterocycles. The minimum absolute atomic E-state index is 0.0107. The van der Waals surface area contributed by atoms with Gasteiger partial charge in [0.05, 0.1) is 20.3 Å². The van der Waals surface area contributed by atoms with Gasteiger partial charge in [-0.15, -0.1) is 0 Å². The average molecular weight is 325 g/mol. The Balaban J connectivity index is 1.97. The molecule has 1 atom stereocenters. The van der Waals surface area contributed by atoms with Crippen molar-refractivity contribution < 1.29 is 14.3 Å². The van der Waals surface area contributed by atoms with Crippen LogP contribution in [0.25, 0.3) is 0 Å². The first-order valence-electron chi connectivity index (χ1n) is 8.32. The lowest BCUT2D eigenvalue weighted by Crippen LogP contribution is -2.38. The van der Waals surface area contributed by atoms with Crippen molar-refractivity contribution in [2.45, 2.75) is 25.3 Å². The Morgan fingerprint density at radius 1 is 1.04 bits per heavy atom. The summed E-state index contributed by atoms with van der Waals surface area (Å²) < 4.78 is 10.9. The van der Waals surface area contributed by atoms with Crippen LogP contribution in [0.2, 0.25) is 0 Å². The van der Waals surface area contributed by atoms with Crippen molar-refractivity contribution in [1.82, 2.24) is 4.90 Å². The van der Waals surface area contributed by atoms with Crippen LogP contribution in [-0.4, -0.2) is 31.6 Å². The van der Waals surface area contributed by atoms with E-state index in [4.69, 9.17) is 9.47 Å². The lowest BCUT2D eigenvalue weighted by Gasteiger charge is -2.37. The van der Waals surface area contributed by atoms with Crippen LogP contribution in [0.3, 0.4) is 0 Å². The molecule has 2 aromatic rings. The fourth-order valence-corrected chi connectivity index (χ4v) is 3.34. The van der Waals surface area contributed by atoms with E-state index >= 15 is 0 Å². The van der Waals surface area contributed by atoms with Gasteiger partial charge in [0.25, 0.3) is 5.91 Å². The second-order valence-electron chi connectivity index (χ2n) is 5.98. The summed E-state index contributed by atoms with van der Waals surface area (Å²) >= 11 is 0. The average Bonchev–Trinajstić information content (AvgIpc) is 2.67. The van der Waals surface area contributed by atoms with Crippen LogP contribution < -0.4 is 9.47 Å². The van der Waals surface area contributed by atoms with E-state index in [1.165, 1.54) is 0 Å². The molecule has 0 spiro atoms. The Morgan fingerprint density at radius 3 is 2.54 bits per heavy atom. The molecule has 4 heteroatoms. The first kappa shape index (κ1) is 16.4. The van der Waals surface area contributed by atoms with Gasteiger partial charge in [-0.2, -0.15) is 0 Å². The van der Waals surface area contributed by atoms with Crippen LogP contribution in [0.4, 0.5) is 0 Å². The first-order chi connectivity index (χ1) is 11.7. The molecule has 24 heavy (non-hydrogen) atoms. The summed E-state index contributed by atoms with van der Waals surface area (Å²) in [7, 11) is 3.32. The van der Waals surface area contributed by atoms with Crippen LogP contribution in [-0.2, 0) is 0 Å². The van der Waals surface area contributed by atoms with E-state index in [9.17, 15) is 4.79 Å². The molecule has 0 saturated carbocycles. The summed E-state index contributed by atoms with van der Waals surface area (Å²) in [5.74, 6) is 1.65. The molecule has 0 bridgehead atoms. The Kier molecular flexibility index (Phi) is 5.04. The Bertz CT molecular complexity index is 699. The molecule has 1 saturated heterocycles. The predicted octanol–water partition coefficient (Wildman–Crippen LogP) is 4.07. The second kappa shape index (κ2) is 7.39. The largest absolute Gasteiger partial charge is 0.497 e. The molecule has 1 amide bonds. The van der Waals surface area contributed by atoms with Crippen LogP contribution in [0.1, 0.15) is 41.2 Å². The molecule has 0 aliphatic carbocycles. The number of likely N-dealkylation sites (tertiary alicyclic amines) is 1. The predicted molar refractivity (Wildman–Crippen MR) is 93.6 cm³/mol. The standard InChI is InChI=1S/C20H23NO3/c1-23-16-11-12-19(24-2)17(14-16)18-10-6-7-13-21(18)20(22)15-8-4-3-5-9-15/h3-5,8-9,11-12,14,18H,6-7,10,13H2,1-2H3/t18-/m0/s1. The highest BCUT2D eigenvalue weighted by Gasteiger charge is 2.30. The molecular formula is C20H23NO3. The number of piperidine rings is 1. The van der Waals surface area contributed by atoms with Crippen LogP contribution in [0.5, 0.6) is 11.5 Å². The minimum Gasteiger partial charge on any atom is -0.497 e. The Hall–Kier alpha value is -2.49. The smallest absolute Gasteiger partial charge is 0.254 e. The van der Waals surface area contributed by atoms with Crippen molar-refractivity contribution >= 4 is 5.91 Å². The summed E-state index contributed by atoms with van der Waals surface area (Å²) in [6.45, 7) is 0.763. The van der Waals surface area contributed by atoms with Gasteiger partial charge >= 0.3 is 0 Å². The molecule has 1 aliphatic rings. The zero-order valence-electron chi connectivity index (χ0n) is 14.2. The van der Waals surface area contributed by atoms with E-state index in [-0.39, 0.29) is 11.9 Å². The van der Waals surface area contributed by atoms with Gasteiger partial charge in [0.15, 0.2) is 0 Å². The van der Waals surface area contributed by atoms with E-state index in [1.807, 2.05) is 53.4 Å². The fraction of sp³-hybridized carbons (Fsp3) is 0.350. The lowest BCUT2D eigenvalue weighted by atomic mass is 9.93. The molecule has 1 heterocycles. The first-order valence-corrected chi connectivity index (χ1v) is 8.32. The fourth-order valence-electron chi connectivity index (χ4n) is 3.34. The van der Waals surface area contributed by atoms with Crippen molar-refractivity contribution in [3.8, 4) is 11.5 Å². The van der Waals surface area contributed by atoms with Gasteiger partial charge in [-0.25, -0.2) is 0 Å². The minimum atomic E-state index is 0.0107. The number of carbonyl (C=O) groups excluding carboxylic acids is 1. The van der Waals surface area contributed by atoms with Crippen molar-refractivity contribution in [2.75, 3.05) is 20.8 Å². The maximum atomic E-state index is 13.0. The normalized spacial score (nSPS) is 17.4. The number of carbonyl (C=O) groups is 1. The van der Waals surface area contributed by atoms with Crippen LogP contribution >= 0.6 is 0 Å². The van der Waals surface area contributed by atoms with Gasteiger partial charge in [-0.3, -0.25) is 4.79 Å². The quantitative estimate of drug-likeness (QED) is 0.850. The highest BCUT2D eigenvalue weighted by Crippen LogP contribution is 2.38. The monoisotopic (exact) mass is 325 g/mol.